The summed E-state index contributed by atoms with van der Waals surface area (Å²) < 4.78 is 2.27. The first-order chi connectivity index (χ1) is 8.99. The van der Waals surface area contributed by atoms with Crippen molar-refractivity contribution >= 4 is 21.6 Å². The highest BCUT2D eigenvalue weighted by atomic mass is 79.9. The number of nitrogen functional groups attached to an aromatic ring is 1. The zero-order chi connectivity index (χ0) is 14.0. The van der Waals surface area contributed by atoms with E-state index in [2.05, 4.69) is 32.8 Å². The SMILES string of the molecule is Cc1c(N)cn(CCN2CCN(C)CC2)c(=O)c1Br. The number of hydrogen-bond acceptors (Lipinski definition) is 4. The van der Waals surface area contributed by atoms with Crippen LogP contribution in [-0.4, -0.2) is 54.1 Å². The van der Waals surface area contributed by atoms with E-state index in [1.807, 2.05) is 6.92 Å². The van der Waals surface area contributed by atoms with Gasteiger partial charge in [-0.25, -0.2) is 0 Å². The largest absolute Gasteiger partial charge is 0.397 e. The molecule has 0 atom stereocenters. The molecule has 1 aliphatic heterocycles. The van der Waals surface area contributed by atoms with Gasteiger partial charge in [0.1, 0.15) is 0 Å². The molecule has 0 bridgehead atoms. The number of piperazine rings is 1. The zero-order valence-electron chi connectivity index (χ0n) is 11.5. The van der Waals surface area contributed by atoms with Gasteiger partial charge in [-0.15, -0.1) is 0 Å². The van der Waals surface area contributed by atoms with Crippen LogP contribution in [-0.2, 0) is 6.54 Å². The van der Waals surface area contributed by atoms with E-state index in [-0.39, 0.29) is 5.56 Å². The maximum atomic E-state index is 12.1. The molecule has 0 saturated carbocycles. The molecule has 0 aliphatic carbocycles. The first-order valence-electron chi connectivity index (χ1n) is 6.55. The minimum Gasteiger partial charge on any atom is -0.397 e. The van der Waals surface area contributed by atoms with Crippen molar-refractivity contribution in [3.05, 3.63) is 26.6 Å². The van der Waals surface area contributed by atoms with Crippen molar-refractivity contribution in [2.75, 3.05) is 45.5 Å². The molecule has 1 saturated heterocycles. The highest BCUT2D eigenvalue weighted by Crippen LogP contribution is 2.16. The molecular formula is C13H21BrN4O. The lowest BCUT2D eigenvalue weighted by molar-refractivity contribution is 0.149. The molecule has 19 heavy (non-hydrogen) atoms. The van der Waals surface area contributed by atoms with E-state index in [0.29, 0.717) is 16.7 Å². The second-order valence-corrected chi connectivity index (χ2v) is 5.96. The first-order valence-corrected chi connectivity index (χ1v) is 7.34. The summed E-state index contributed by atoms with van der Waals surface area (Å²) in [6, 6.07) is 0. The molecule has 1 aliphatic rings. The molecular weight excluding hydrogens is 308 g/mol. The van der Waals surface area contributed by atoms with E-state index in [1.54, 1.807) is 10.8 Å². The maximum Gasteiger partial charge on any atom is 0.265 e. The number of halogens is 1. The van der Waals surface area contributed by atoms with Crippen molar-refractivity contribution in [2.24, 2.45) is 0 Å². The van der Waals surface area contributed by atoms with E-state index in [1.165, 1.54) is 0 Å². The summed E-state index contributed by atoms with van der Waals surface area (Å²) in [6.45, 7) is 7.74. The van der Waals surface area contributed by atoms with E-state index >= 15 is 0 Å². The number of aromatic nitrogens is 1. The van der Waals surface area contributed by atoms with Gasteiger partial charge in [-0.05, 0) is 35.5 Å². The van der Waals surface area contributed by atoms with Gasteiger partial charge in [0.25, 0.3) is 5.56 Å². The van der Waals surface area contributed by atoms with Gasteiger partial charge in [-0.3, -0.25) is 9.69 Å². The van der Waals surface area contributed by atoms with Crippen molar-refractivity contribution in [3.8, 4) is 0 Å². The van der Waals surface area contributed by atoms with Gasteiger partial charge in [0.2, 0.25) is 0 Å². The highest BCUT2D eigenvalue weighted by Gasteiger charge is 2.14. The van der Waals surface area contributed by atoms with Crippen LogP contribution in [0.15, 0.2) is 15.5 Å². The Labute approximate surface area is 122 Å². The average molecular weight is 329 g/mol. The van der Waals surface area contributed by atoms with Crippen LogP contribution in [0, 0.1) is 6.92 Å². The van der Waals surface area contributed by atoms with Gasteiger partial charge in [-0.2, -0.15) is 0 Å². The molecule has 1 aromatic rings. The summed E-state index contributed by atoms with van der Waals surface area (Å²) in [5, 5.41) is 0. The molecule has 1 fully saturated rings. The molecule has 6 heteroatoms. The van der Waals surface area contributed by atoms with Gasteiger partial charge in [0.05, 0.1) is 10.2 Å². The van der Waals surface area contributed by atoms with Gasteiger partial charge < -0.3 is 15.2 Å². The Bertz CT molecular complexity index is 506. The predicted molar refractivity (Wildman–Crippen MR) is 81.5 cm³/mol. The van der Waals surface area contributed by atoms with Crippen LogP contribution in [0.5, 0.6) is 0 Å². The van der Waals surface area contributed by atoms with Gasteiger partial charge in [-0.1, -0.05) is 0 Å². The van der Waals surface area contributed by atoms with E-state index < -0.39 is 0 Å². The number of pyridine rings is 1. The van der Waals surface area contributed by atoms with Crippen molar-refractivity contribution in [3.63, 3.8) is 0 Å². The molecule has 0 aromatic carbocycles. The number of rotatable bonds is 3. The summed E-state index contributed by atoms with van der Waals surface area (Å²) in [7, 11) is 2.14. The van der Waals surface area contributed by atoms with Gasteiger partial charge >= 0.3 is 0 Å². The standard InChI is InChI=1S/C13H21BrN4O/c1-10-11(15)9-18(13(19)12(10)14)8-7-17-5-3-16(2)4-6-17/h9H,3-8,15H2,1-2H3. The van der Waals surface area contributed by atoms with Gasteiger partial charge in [0.15, 0.2) is 0 Å². The van der Waals surface area contributed by atoms with E-state index in [4.69, 9.17) is 5.73 Å². The maximum absolute atomic E-state index is 12.1. The molecule has 2 rings (SSSR count). The lowest BCUT2D eigenvalue weighted by atomic mass is 10.2. The van der Waals surface area contributed by atoms with Crippen LogP contribution >= 0.6 is 15.9 Å². The van der Waals surface area contributed by atoms with Crippen LogP contribution in [0.3, 0.4) is 0 Å². The Hall–Kier alpha value is -0.850. The van der Waals surface area contributed by atoms with Crippen LogP contribution in [0.1, 0.15) is 5.56 Å². The third-order valence-corrected chi connectivity index (χ3v) is 4.69. The number of nitrogens with zero attached hydrogens (tertiary/aromatic N) is 3. The molecule has 0 unspecified atom stereocenters. The van der Waals surface area contributed by atoms with Gasteiger partial charge in [0, 0.05) is 45.5 Å². The highest BCUT2D eigenvalue weighted by molar-refractivity contribution is 9.10. The normalized spacial score (nSPS) is 17.8. The Morgan fingerprint density at radius 1 is 1.26 bits per heavy atom. The predicted octanol–water partition coefficient (Wildman–Crippen LogP) is 0.749. The fourth-order valence-electron chi connectivity index (χ4n) is 2.22. The van der Waals surface area contributed by atoms with Crippen LogP contribution in [0.25, 0.3) is 0 Å². The smallest absolute Gasteiger partial charge is 0.265 e. The first kappa shape index (κ1) is 14.6. The third-order valence-electron chi connectivity index (χ3n) is 3.76. The molecule has 1 aromatic heterocycles. The summed E-state index contributed by atoms with van der Waals surface area (Å²) in [4.78, 5) is 16.8. The second kappa shape index (κ2) is 6.07. The number of hydrogen-bond donors (Lipinski definition) is 1. The van der Waals surface area contributed by atoms with E-state index in [0.717, 1.165) is 38.3 Å². The number of anilines is 1. The fourth-order valence-corrected chi connectivity index (χ4v) is 2.68. The van der Waals surface area contributed by atoms with Crippen LogP contribution in [0.2, 0.25) is 0 Å². The Morgan fingerprint density at radius 3 is 2.53 bits per heavy atom. The topological polar surface area (TPSA) is 54.5 Å². The molecule has 2 heterocycles. The zero-order valence-corrected chi connectivity index (χ0v) is 13.1. The summed E-state index contributed by atoms with van der Waals surface area (Å²) in [5.74, 6) is 0. The lowest BCUT2D eigenvalue weighted by Gasteiger charge is -2.32. The van der Waals surface area contributed by atoms with Crippen molar-refractivity contribution in [2.45, 2.75) is 13.5 Å². The third kappa shape index (κ3) is 3.38. The number of nitrogens with two attached hydrogens (primary N) is 1. The molecule has 2 N–H and O–H groups in total. The summed E-state index contributed by atoms with van der Waals surface area (Å²) >= 11 is 3.32. The minimum atomic E-state index is 0.000766. The van der Waals surface area contributed by atoms with Crippen LogP contribution < -0.4 is 11.3 Å². The summed E-state index contributed by atoms with van der Waals surface area (Å²) in [6.07, 6.45) is 1.75. The van der Waals surface area contributed by atoms with E-state index in [9.17, 15) is 4.79 Å². The number of likely N-dealkylation sites (N-methyl/N-ethyl adjacent to an activating group) is 1. The molecule has 0 amide bonds. The van der Waals surface area contributed by atoms with Crippen molar-refractivity contribution in [1.82, 2.24) is 14.4 Å². The van der Waals surface area contributed by atoms with Crippen molar-refractivity contribution < 1.29 is 0 Å². The lowest BCUT2D eigenvalue weighted by Crippen LogP contribution is -2.45. The Kier molecular flexibility index (Phi) is 4.65. The Balaban J connectivity index is 2.02. The molecule has 0 radical (unpaired) electrons. The molecule has 106 valence electrons. The average Bonchev–Trinajstić information content (AvgIpc) is 2.41. The quantitative estimate of drug-likeness (QED) is 0.889. The molecule has 5 nitrogen and oxygen atoms in total. The Morgan fingerprint density at radius 2 is 1.89 bits per heavy atom. The van der Waals surface area contributed by atoms with Crippen molar-refractivity contribution in [1.29, 1.82) is 0 Å². The second-order valence-electron chi connectivity index (χ2n) is 5.17. The van der Waals surface area contributed by atoms with Crippen LogP contribution in [0.4, 0.5) is 5.69 Å². The monoisotopic (exact) mass is 328 g/mol. The minimum absolute atomic E-state index is 0.000766. The summed E-state index contributed by atoms with van der Waals surface area (Å²) in [5.41, 5.74) is 7.39. The fraction of sp³-hybridized carbons (Fsp3) is 0.615. The molecule has 0 spiro atoms.